The summed E-state index contributed by atoms with van der Waals surface area (Å²) in [5, 5.41) is 0. The zero-order valence-electron chi connectivity index (χ0n) is 22.0. The second-order valence-electron chi connectivity index (χ2n) is 8.28. The van der Waals surface area contributed by atoms with Crippen LogP contribution in [0, 0.1) is 24.1 Å². The van der Waals surface area contributed by atoms with Crippen LogP contribution in [0.4, 0.5) is 0 Å². The molecule has 0 spiro atoms. The van der Waals surface area contributed by atoms with Crippen molar-refractivity contribution in [3.05, 3.63) is 137 Å². The van der Waals surface area contributed by atoms with E-state index in [0.717, 1.165) is 0 Å². The van der Waals surface area contributed by atoms with Gasteiger partial charge in [0.2, 0.25) is 0 Å². The first-order valence-corrected chi connectivity index (χ1v) is 17.6. The average molecular weight is 773 g/mol. The van der Waals surface area contributed by atoms with E-state index in [0.29, 0.717) is 0 Å². The van der Waals surface area contributed by atoms with E-state index >= 15 is 0 Å². The predicted octanol–water partition coefficient (Wildman–Crippen LogP) is 0.325. The van der Waals surface area contributed by atoms with Gasteiger partial charge < -0.3 is 0 Å². The highest BCUT2D eigenvalue weighted by Crippen LogP contribution is 2.35. The number of hydrogen-bond donors (Lipinski definition) is 1. The summed E-state index contributed by atoms with van der Waals surface area (Å²) in [6, 6.07) is 48.1. The van der Waals surface area contributed by atoms with E-state index in [1.54, 1.807) is 0 Å². The zero-order valence-corrected chi connectivity index (χ0v) is 27.3. The minimum Gasteiger partial charge on any atom is -0.222 e. The van der Waals surface area contributed by atoms with Gasteiger partial charge in [0, 0.05) is 13.4 Å². The second-order valence-corrected chi connectivity index (χ2v) is 14.2. The van der Waals surface area contributed by atoms with E-state index in [1.165, 1.54) is 39.2 Å². The van der Waals surface area contributed by atoms with Crippen molar-refractivity contribution in [2.75, 3.05) is 0 Å². The first-order valence-electron chi connectivity index (χ1n) is 12.0. The number of halogens is 3. The third kappa shape index (κ3) is 13.5. The normalized spacial score (nSPS) is 11.2. The van der Waals surface area contributed by atoms with E-state index < -0.39 is 20.5 Å². The minimum absolute atomic E-state index is 0.106. The summed E-state index contributed by atoms with van der Waals surface area (Å²) >= 11 is 4.21. The molecular formula is C30H23Cl2IO8S2. The van der Waals surface area contributed by atoms with Gasteiger partial charge in [-0.25, -0.2) is 18.6 Å². The summed E-state index contributed by atoms with van der Waals surface area (Å²) in [5.74, 6) is 0. The molecule has 0 radical (unpaired) electrons. The summed E-state index contributed by atoms with van der Waals surface area (Å²) in [4.78, 5) is 6.53. The summed E-state index contributed by atoms with van der Waals surface area (Å²) in [5.41, 5.74) is 2.54. The molecule has 0 unspecified atom stereocenters. The minimum atomic E-state index is -4.94. The molecule has 13 heteroatoms. The molecule has 5 rings (SSSR count). The largest absolute Gasteiger partial charge is 0.222 e. The van der Waals surface area contributed by atoms with Crippen LogP contribution in [0.1, 0.15) is 0 Å². The molecule has 224 valence electrons. The fourth-order valence-electron chi connectivity index (χ4n) is 3.70. The molecule has 0 atom stereocenters. The maximum atomic E-state index is 8.60. The lowest BCUT2D eigenvalue weighted by Gasteiger charge is -2.17. The number of rotatable bonds is 6. The van der Waals surface area contributed by atoms with E-state index in [-0.39, 0.29) is 10.9 Å². The molecule has 5 aromatic rings. The molecule has 0 heterocycles. The van der Waals surface area contributed by atoms with Crippen LogP contribution in [-0.4, -0.2) is 4.66 Å². The van der Waals surface area contributed by atoms with Crippen molar-refractivity contribution >= 4 is 45.2 Å². The maximum Gasteiger partial charge on any atom is 0.166 e. The first-order chi connectivity index (χ1) is 20.3. The Balaban J connectivity index is 0.000000440. The molecule has 0 saturated heterocycles. The molecule has 0 amide bonds. The van der Waals surface area contributed by atoms with E-state index in [4.69, 9.17) is 37.3 Å². The fraction of sp³-hybridized carbons (Fsp3) is 0. The van der Waals surface area contributed by atoms with Gasteiger partial charge in [-0.15, -0.1) is 10.2 Å². The lowest BCUT2D eigenvalue weighted by atomic mass is 10.1. The monoisotopic (exact) mass is 772 g/mol. The highest BCUT2D eigenvalue weighted by atomic mass is 127. The van der Waals surface area contributed by atoms with Gasteiger partial charge in [-0.2, -0.15) is 14.0 Å². The predicted molar refractivity (Wildman–Crippen MR) is 152 cm³/mol. The first kappa shape index (κ1) is 35.3. The van der Waals surface area contributed by atoms with Crippen LogP contribution in [-0.2, 0) is 10.9 Å². The highest BCUT2D eigenvalue weighted by Gasteiger charge is 2.28. The van der Waals surface area contributed by atoms with Gasteiger partial charge in [0.15, 0.2) is 14.7 Å². The number of benzene rings is 5. The molecule has 0 aliphatic heterocycles. The van der Waals surface area contributed by atoms with Crippen molar-refractivity contribution in [3.63, 3.8) is 0 Å². The van der Waals surface area contributed by atoms with E-state index in [2.05, 4.69) is 156 Å². The maximum absolute atomic E-state index is 8.60. The second kappa shape index (κ2) is 16.7. The smallest absolute Gasteiger partial charge is 0.166 e. The third-order valence-corrected chi connectivity index (χ3v) is 9.48. The molecule has 8 nitrogen and oxygen atoms in total. The Labute approximate surface area is 273 Å². The van der Waals surface area contributed by atoms with Crippen LogP contribution in [0.3, 0.4) is 0 Å². The van der Waals surface area contributed by atoms with Gasteiger partial charge in [-0.3, -0.25) is 0 Å². The lowest BCUT2D eigenvalue weighted by molar-refractivity contribution is -2.00. The van der Waals surface area contributed by atoms with Crippen LogP contribution in [0.15, 0.2) is 158 Å². The average Bonchev–Trinajstić information content (AvgIpc) is 2.94. The molecule has 5 aromatic carbocycles. The summed E-state index contributed by atoms with van der Waals surface area (Å²) in [6.45, 7) is 0. The van der Waals surface area contributed by atoms with Crippen LogP contribution < -0.4 is 32.6 Å². The van der Waals surface area contributed by atoms with Crippen LogP contribution in [0.5, 0.6) is 0 Å². The Hall–Kier alpha value is -2.21. The third-order valence-electron chi connectivity index (χ3n) is 5.29. The van der Waals surface area contributed by atoms with Crippen molar-refractivity contribution in [1.29, 1.82) is 0 Å². The van der Waals surface area contributed by atoms with E-state index in [1.807, 2.05) is 11.8 Å². The molecular weight excluding hydrogens is 750 g/mol. The Morgan fingerprint density at radius 2 is 0.860 bits per heavy atom. The van der Waals surface area contributed by atoms with Crippen molar-refractivity contribution < 1.29 is 57.8 Å². The number of hydrogen-bond acceptors (Lipinski definition) is 9. The van der Waals surface area contributed by atoms with Crippen molar-refractivity contribution in [1.82, 2.24) is 0 Å². The summed E-state index contributed by atoms with van der Waals surface area (Å²) in [6.07, 6.45) is 0. The Kier molecular flexibility index (Phi) is 13.7. The van der Waals surface area contributed by atoms with Crippen molar-refractivity contribution in [2.24, 2.45) is 0 Å². The zero-order chi connectivity index (χ0) is 31.5. The Morgan fingerprint density at radius 1 is 0.512 bits per heavy atom. The Bertz CT molecular complexity index is 1470. The van der Waals surface area contributed by atoms with Gasteiger partial charge in [0.05, 0.1) is 25.8 Å². The van der Waals surface area contributed by atoms with Gasteiger partial charge >= 0.3 is 0 Å². The van der Waals surface area contributed by atoms with Crippen LogP contribution >= 0.6 is 34.4 Å². The van der Waals surface area contributed by atoms with Crippen molar-refractivity contribution in [3.8, 4) is 11.1 Å². The van der Waals surface area contributed by atoms with Gasteiger partial charge in [-0.1, -0.05) is 78.5 Å². The SMILES string of the molecule is Ic1ccccc1-c1ccc(Sc2ccc([S+](c3ccccc3)c3ccccc3)cc2)cc1.[O-][Cl+3]([O-])([O-])O.[O-][Cl+3]([O-])([O-])[O-]. The highest BCUT2D eigenvalue weighted by molar-refractivity contribution is 14.1. The van der Waals surface area contributed by atoms with Crippen LogP contribution in [0.25, 0.3) is 11.1 Å². The molecule has 0 bridgehead atoms. The van der Waals surface area contributed by atoms with Gasteiger partial charge in [-0.05, 0) is 100 Å². The van der Waals surface area contributed by atoms with Crippen molar-refractivity contribution in [2.45, 2.75) is 24.5 Å². The molecule has 1 N–H and O–H groups in total. The molecule has 0 fully saturated rings. The van der Waals surface area contributed by atoms with Gasteiger partial charge in [0.25, 0.3) is 0 Å². The fourth-order valence-corrected chi connectivity index (χ4v) is 7.30. The molecule has 0 aliphatic carbocycles. The van der Waals surface area contributed by atoms with Gasteiger partial charge in [0.1, 0.15) is 0 Å². The summed E-state index contributed by atoms with van der Waals surface area (Å²) < 4.78 is 68.0. The van der Waals surface area contributed by atoms with Crippen LogP contribution in [0.2, 0.25) is 0 Å². The summed E-state index contributed by atoms with van der Waals surface area (Å²) in [7, 11) is -9.74. The standard InChI is InChI=1S/C30H22IS2.2ClHO4/c31-30-14-8-7-13-29(30)23-15-17-24(18-16-23)32-25-19-21-28(22-20-25)33(26-9-3-1-4-10-26)27-11-5-2-6-12-27;2*2-1(3,4)5/h1-22H;2*(H,2,3,4,5)/q+1;;/p-1. The quantitative estimate of drug-likeness (QED) is 0.188. The lowest BCUT2D eigenvalue weighted by Crippen LogP contribution is -2.68. The Morgan fingerprint density at radius 3 is 1.28 bits per heavy atom. The molecule has 0 aromatic heterocycles. The molecule has 43 heavy (non-hydrogen) atoms. The molecule has 0 saturated carbocycles. The molecule has 0 aliphatic rings. The van der Waals surface area contributed by atoms with E-state index in [9.17, 15) is 0 Å². The topological polar surface area (TPSA) is 182 Å².